The van der Waals surface area contributed by atoms with Gasteiger partial charge in [-0.1, -0.05) is 18.2 Å². The zero-order valence-corrected chi connectivity index (χ0v) is 16.8. The molecular formula is C22H27N5O2. The van der Waals surface area contributed by atoms with Crippen molar-refractivity contribution in [2.45, 2.75) is 25.9 Å². The van der Waals surface area contributed by atoms with Gasteiger partial charge in [0.25, 0.3) is 0 Å². The number of carbonyl (C=O) groups excluding carboxylic acids is 2. The van der Waals surface area contributed by atoms with Crippen LogP contribution in [-0.4, -0.2) is 65.4 Å². The number of rotatable bonds is 4. The Balaban J connectivity index is 1.38. The molecule has 1 unspecified atom stereocenters. The normalized spacial score (nSPS) is 20.7. The molecule has 1 saturated heterocycles. The zero-order valence-electron chi connectivity index (χ0n) is 16.8. The highest BCUT2D eigenvalue weighted by Gasteiger charge is 2.31. The number of amides is 2. The van der Waals surface area contributed by atoms with Crippen LogP contribution < -0.4 is 10.2 Å². The zero-order chi connectivity index (χ0) is 20.2. The minimum atomic E-state index is -0.170. The topological polar surface area (TPSA) is 68.8 Å². The monoisotopic (exact) mass is 393 g/mol. The molecular weight excluding hydrogens is 366 g/mol. The number of pyridine rings is 1. The molecule has 1 aromatic carbocycles. The summed E-state index contributed by atoms with van der Waals surface area (Å²) in [5.74, 6) is -0.0111. The molecule has 7 nitrogen and oxygen atoms in total. The molecule has 1 fully saturated rings. The summed E-state index contributed by atoms with van der Waals surface area (Å²) in [6, 6.07) is 13.3. The van der Waals surface area contributed by atoms with Gasteiger partial charge in [0, 0.05) is 51.4 Å². The Hall–Kier alpha value is -2.77. The summed E-state index contributed by atoms with van der Waals surface area (Å²) >= 11 is 0. The number of aromatic nitrogens is 1. The quantitative estimate of drug-likeness (QED) is 0.860. The van der Waals surface area contributed by atoms with Crippen LogP contribution in [0.15, 0.2) is 48.7 Å². The van der Waals surface area contributed by atoms with E-state index in [1.165, 1.54) is 0 Å². The third kappa shape index (κ3) is 4.63. The molecule has 29 heavy (non-hydrogen) atoms. The van der Waals surface area contributed by atoms with Crippen molar-refractivity contribution in [2.24, 2.45) is 0 Å². The molecule has 1 aromatic heterocycles. The lowest BCUT2D eigenvalue weighted by molar-refractivity contribution is -0.120. The second-order valence-electron chi connectivity index (χ2n) is 7.76. The van der Waals surface area contributed by atoms with E-state index in [-0.39, 0.29) is 17.9 Å². The smallest absolute Gasteiger partial charge is 0.241 e. The van der Waals surface area contributed by atoms with Crippen LogP contribution >= 0.6 is 0 Å². The number of carbonyl (C=O) groups is 2. The SMILES string of the molecule is CC1CC(=O)Nc2ccccc2N1C(=O)CN1CCN(Cc2ccccn2)CC1. The summed E-state index contributed by atoms with van der Waals surface area (Å²) in [4.78, 5) is 36.1. The van der Waals surface area contributed by atoms with E-state index in [0.717, 1.165) is 44.1 Å². The van der Waals surface area contributed by atoms with Crippen LogP contribution in [0.1, 0.15) is 19.0 Å². The second-order valence-corrected chi connectivity index (χ2v) is 7.76. The van der Waals surface area contributed by atoms with Gasteiger partial charge in [-0.15, -0.1) is 0 Å². The number of para-hydroxylation sites is 2. The van der Waals surface area contributed by atoms with E-state index in [1.54, 1.807) is 4.90 Å². The molecule has 0 saturated carbocycles. The predicted octanol–water partition coefficient (Wildman–Crippen LogP) is 1.96. The Bertz CT molecular complexity index is 865. The number of hydrogen-bond acceptors (Lipinski definition) is 5. The van der Waals surface area contributed by atoms with Crippen LogP contribution in [0.3, 0.4) is 0 Å². The lowest BCUT2D eigenvalue weighted by atomic mass is 10.1. The van der Waals surface area contributed by atoms with Crippen LogP contribution in [0.4, 0.5) is 11.4 Å². The van der Waals surface area contributed by atoms with Crippen molar-refractivity contribution in [1.82, 2.24) is 14.8 Å². The van der Waals surface area contributed by atoms with E-state index in [2.05, 4.69) is 20.1 Å². The molecule has 2 aromatic rings. The maximum atomic E-state index is 13.2. The van der Waals surface area contributed by atoms with Gasteiger partial charge >= 0.3 is 0 Å². The molecule has 0 bridgehead atoms. The lowest BCUT2D eigenvalue weighted by Crippen LogP contribution is -2.51. The molecule has 0 radical (unpaired) electrons. The van der Waals surface area contributed by atoms with Crippen molar-refractivity contribution >= 4 is 23.2 Å². The highest BCUT2D eigenvalue weighted by Crippen LogP contribution is 2.31. The first kappa shape index (κ1) is 19.5. The van der Waals surface area contributed by atoms with E-state index in [1.807, 2.05) is 55.6 Å². The van der Waals surface area contributed by atoms with Crippen LogP contribution in [0, 0.1) is 0 Å². The average molecular weight is 393 g/mol. The van der Waals surface area contributed by atoms with Crippen LogP contribution in [-0.2, 0) is 16.1 Å². The van der Waals surface area contributed by atoms with Crippen LogP contribution in [0.5, 0.6) is 0 Å². The largest absolute Gasteiger partial charge is 0.324 e. The van der Waals surface area contributed by atoms with E-state index in [0.29, 0.717) is 18.7 Å². The van der Waals surface area contributed by atoms with Gasteiger partial charge in [-0.05, 0) is 31.2 Å². The molecule has 4 rings (SSSR count). The standard InChI is InChI=1S/C22H27N5O2/c1-17-14-21(28)24-19-7-2-3-8-20(19)27(17)22(29)16-26-12-10-25(11-13-26)15-18-6-4-5-9-23-18/h2-9,17H,10-16H2,1H3,(H,24,28). The van der Waals surface area contributed by atoms with E-state index < -0.39 is 0 Å². The summed E-state index contributed by atoms with van der Waals surface area (Å²) in [5.41, 5.74) is 2.56. The summed E-state index contributed by atoms with van der Waals surface area (Å²) < 4.78 is 0. The van der Waals surface area contributed by atoms with E-state index in [9.17, 15) is 9.59 Å². The predicted molar refractivity (Wildman–Crippen MR) is 113 cm³/mol. The fraction of sp³-hybridized carbons (Fsp3) is 0.409. The van der Waals surface area contributed by atoms with Gasteiger partial charge in [0.2, 0.25) is 11.8 Å². The van der Waals surface area contributed by atoms with Crippen molar-refractivity contribution in [3.8, 4) is 0 Å². The first-order valence-corrected chi connectivity index (χ1v) is 10.2. The first-order chi connectivity index (χ1) is 14.1. The Morgan fingerprint density at radius 2 is 1.79 bits per heavy atom. The number of fused-ring (bicyclic) bond motifs is 1. The van der Waals surface area contributed by atoms with Crippen molar-refractivity contribution < 1.29 is 9.59 Å². The highest BCUT2D eigenvalue weighted by molar-refractivity contribution is 6.04. The van der Waals surface area contributed by atoms with E-state index in [4.69, 9.17) is 0 Å². The van der Waals surface area contributed by atoms with Crippen molar-refractivity contribution in [3.63, 3.8) is 0 Å². The number of anilines is 2. The molecule has 152 valence electrons. The van der Waals surface area contributed by atoms with Gasteiger partial charge in [0.1, 0.15) is 0 Å². The maximum absolute atomic E-state index is 13.2. The van der Waals surface area contributed by atoms with Gasteiger partial charge in [-0.3, -0.25) is 24.4 Å². The summed E-state index contributed by atoms with van der Waals surface area (Å²) in [6.07, 6.45) is 2.13. The van der Waals surface area contributed by atoms with E-state index >= 15 is 0 Å². The van der Waals surface area contributed by atoms with Crippen LogP contribution in [0.25, 0.3) is 0 Å². The fourth-order valence-electron chi connectivity index (χ4n) is 4.06. The van der Waals surface area contributed by atoms with Crippen molar-refractivity contribution in [1.29, 1.82) is 0 Å². The summed E-state index contributed by atoms with van der Waals surface area (Å²) in [6.45, 7) is 6.66. The van der Waals surface area contributed by atoms with Crippen LogP contribution in [0.2, 0.25) is 0 Å². The molecule has 2 aliphatic heterocycles. The number of benzene rings is 1. The number of nitrogens with zero attached hydrogens (tertiary/aromatic N) is 4. The third-order valence-electron chi connectivity index (χ3n) is 5.56. The molecule has 2 aliphatic rings. The molecule has 0 spiro atoms. The first-order valence-electron chi connectivity index (χ1n) is 10.2. The Kier molecular flexibility index (Phi) is 5.87. The molecule has 3 heterocycles. The van der Waals surface area contributed by atoms with Gasteiger partial charge in [-0.25, -0.2) is 0 Å². The summed E-state index contributed by atoms with van der Waals surface area (Å²) in [5, 5.41) is 2.91. The Morgan fingerprint density at radius 3 is 2.55 bits per heavy atom. The van der Waals surface area contributed by atoms with Gasteiger partial charge in [0.05, 0.1) is 23.6 Å². The fourth-order valence-corrected chi connectivity index (χ4v) is 4.06. The van der Waals surface area contributed by atoms with Gasteiger partial charge in [0.15, 0.2) is 0 Å². The minimum absolute atomic E-state index is 0.0413. The summed E-state index contributed by atoms with van der Waals surface area (Å²) in [7, 11) is 0. The number of hydrogen-bond donors (Lipinski definition) is 1. The molecule has 1 atom stereocenters. The molecule has 0 aliphatic carbocycles. The van der Waals surface area contributed by atoms with Gasteiger partial charge < -0.3 is 10.2 Å². The minimum Gasteiger partial charge on any atom is -0.324 e. The lowest BCUT2D eigenvalue weighted by Gasteiger charge is -2.36. The number of piperazine rings is 1. The molecule has 7 heteroatoms. The Morgan fingerprint density at radius 1 is 1.07 bits per heavy atom. The third-order valence-corrected chi connectivity index (χ3v) is 5.56. The average Bonchev–Trinajstić information content (AvgIpc) is 2.84. The Labute approximate surface area is 171 Å². The van der Waals surface area contributed by atoms with Crippen molar-refractivity contribution in [3.05, 3.63) is 54.4 Å². The van der Waals surface area contributed by atoms with Crippen molar-refractivity contribution in [2.75, 3.05) is 42.9 Å². The molecule has 1 N–H and O–H groups in total. The highest BCUT2D eigenvalue weighted by atomic mass is 16.2. The second kappa shape index (κ2) is 8.71. The number of nitrogens with one attached hydrogen (secondary N) is 1. The van der Waals surface area contributed by atoms with Gasteiger partial charge in [-0.2, -0.15) is 0 Å². The maximum Gasteiger partial charge on any atom is 0.241 e. The molecule has 2 amide bonds.